The maximum absolute atomic E-state index is 11.5. The Labute approximate surface area is 111 Å². The van der Waals surface area contributed by atoms with Gasteiger partial charge in [0.25, 0.3) is 0 Å². The predicted octanol–water partition coefficient (Wildman–Crippen LogP) is 0.267. The van der Waals surface area contributed by atoms with E-state index < -0.39 is 23.7 Å². The van der Waals surface area contributed by atoms with Gasteiger partial charge in [-0.2, -0.15) is 0 Å². The second-order valence-electron chi connectivity index (χ2n) is 5.08. The molecular weight excluding hydrogens is 248 g/mol. The summed E-state index contributed by atoms with van der Waals surface area (Å²) < 4.78 is 5.00. The molecule has 0 aromatic carbocycles. The van der Waals surface area contributed by atoms with Gasteiger partial charge in [-0.15, -0.1) is 0 Å². The molecule has 0 aliphatic carbocycles. The van der Waals surface area contributed by atoms with E-state index in [0.717, 1.165) is 5.56 Å². The van der Waals surface area contributed by atoms with E-state index in [1.165, 1.54) is 0 Å². The van der Waals surface area contributed by atoms with Gasteiger partial charge in [-0.1, -0.05) is 0 Å². The Balaban J connectivity index is 2.64. The van der Waals surface area contributed by atoms with E-state index >= 15 is 0 Å². The molecule has 0 radical (unpaired) electrons. The van der Waals surface area contributed by atoms with E-state index in [0.29, 0.717) is 0 Å². The van der Waals surface area contributed by atoms with Gasteiger partial charge in [-0.3, -0.25) is 4.98 Å². The minimum Gasteiger partial charge on any atom is -0.548 e. The Morgan fingerprint density at radius 2 is 1.95 bits per heavy atom. The third-order valence-corrected chi connectivity index (χ3v) is 2.16. The lowest BCUT2D eigenvalue weighted by Crippen LogP contribution is -2.50. The number of carboxylic acids is 1. The first-order valence-corrected chi connectivity index (χ1v) is 5.87. The number of carbonyl (C=O) groups excluding carboxylic acids is 2. The van der Waals surface area contributed by atoms with Crippen LogP contribution in [0.3, 0.4) is 0 Å². The van der Waals surface area contributed by atoms with Gasteiger partial charge in [0.1, 0.15) is 5.60 Å². The van der Waals surface area contributed by atoms with Crippen molar-refractivity contribution < 1.29 is 19.4 Å². The van der Waals surface area contributed by atoms with Crippen LogP contribution in [0.25, 0.3) is 0 Å². The average Bonchev–Trinajstić information content (AvgIpc) is 2.26. The van der Waals surface area contributed by atoms with Crippen molar-refractivity contribution in [3.8, 4) is 0 Å². The van der Waals surface area contributed by atoms with Gasteiger partial charge >= 0.3 is 6.09 Å². The molecule has 1 unspecified atom stereocenters. The molecule has 1 rings (SSSR count). The van der Waals surface area contributed by atoms with Gasteiger partial charge in [-0.05, 0) is 44.9 Å². The van der Waals surface area contributed by atoms with E-state index in [1.807, 2.05) is 0 Å². The molecule has 0 spiro atoms. The van der Waals surface area contributed by atoms with Crippen LogP contribution in [0.1, 0.15) is 26.3 Å². The molecule has 0 saturated heterocycles. The molecule has 1 heterocycles. The first-order chi connectivity index (χ1) is 8.78. The number of hydrogen-bond donors (Lipinski definition) is 1. The van der Waals surface area contributed by atoms with Crippen LogP contribution in [0.15, 0.2) is 24.5 Å². The van der Waals surface area contributed by atoms with Gasteiger partial charge in [-0.25, -0.2) is 4.79 Å². The first-order valence-electron chi connectivity index (χ1n) is 5.87. The zero-order chi connectivity index (χ0) is 14.5. The maximum atomic E-state index is 11.5. The molecule has 0 aliphatic heterocycles. The lowest BCUT2D eigenvalue weighted by atomic mass is 10.1. The Morgan fingerprint density at radius 1 is 1.37 bits per heavy atom. The molecule has 1 aromatic rings. The van der Waals surface area contributed by atoms with Gasteiger partial charge in [0, 0.05) is 12.4 Å². The molecular formula is C13H17N2O4-. The maximum Gasteiger partial charge on any atom is 0.408 e. The van der Waals surface area contributed by atoms with Crippen molar-refractivity contribution in [2.45, 2.75) is 38.8 Å². The van der Waals surface area contributed by atoms with E-state index in [1.54, 1.807) is 45.3 Å². The van der Waals surface area contributed by atoms with Crippen LogP contribution in [0.4, 0.5) is 4.79 Å². The molecule has 1 atom stereocenters. The van der Waals surface area contributed by atoms with Crippen molar-refractivity contribution in [1.82, 2.24) is 10.3 Å². The number of aromatic nitrogens is 1. The smallest absolute Gasteiger partial charge is 0.408 e. The van der Waals surface area contributed by atoms with Gasteiger partial charge in [0.15, 0.2) is 0 Å². The second-order valence-corrected chi connectivity index (χ2v) is 5.08. The quantitative estimate of drug-likeness (QED) is 0.843. The van der Waals surface area contributed by atoms with Crippen LogP contribution >= 0.6 is 0 Å². The number of pyridine rings is 1. The molecule has 0 aliphatic rings. The number of ether oxygens (including phenoxy) is 1. The number of hydrogen-bond acceptors (Lipinski definition) is 5. The highest BCUT2D eigenvalue weighted by molar-refractivity contribution is 5.79. The number of carbonyl (C=O) groups is 2. The summed E-state index contributed by atoms with van der Waals surface area (Å²) in [6.45, 7) is 5.09. The van der Waals surface area contributed by atoms with Crippen molar-refractivity contribution >= 4 is 12.1 Å². The summed E-state index contributed by atoms with van der Waals surface area (Å²) in [5.74, 6) is -1.36. The summed E-state index contributed by atoms with van der Waals surface area (Å²) in [5, 5.41) is 13.3. The van der Waals surface area contributed by atoms with Gasteiger partial charge in [0.2, 0.25) is 0 Å². The fourth-order valence-electron chi connectivity index (χ4n) is 1.40. The number of aliphatic carboxylic acids is 1. The molecule has 6 heteroatoms. The lowest BCUT2D eigenvalue weighted by Gasteiger charge is -2.24. The lowest BCUT2D eigenvalue weighted by molar-refractivity contribution is -0.308. The van der Waals surface area contributed by atoms with E-state index in [2.05, 4.69) is 10.3 Å². The summed E-state index contributed by atoms with van der Waals surface area (Å²) >= 11 is 0. The minimum absolute atomic E-state index is 0.115. The van der Waals surface area contributed by atoms with Crippen LogP contribution in [-0.2, 0) is 16.0 Å². The second kappa shape index (κ2) is 6.17. The number of nitrogens with zero attached hydrogens (tertiary/aromatic N) is 1. The SMILES string of the molecule is CC(C)(C)OC(=O)NC(Cc1ccncc1)C(=O)[O-]. The van der Waals surface area contributed by atoms with Crippen LogP contribution in [0.5, 0.6) is 0 Å². The third-order valence-electron chi connectivity index (χ3n) is 2.16. The van der Waals surface area contributed by atoms with Crippen LogP contribution in [0, 0.1) is 0 Å². The third kappa shape index (κ3) is 5.85. The average molecular weight is 265 g/mol. The number of alkyl carbamates (subject to hydrolysis) is 1. The Kier molecular flexibility index (Phi) is 4.86. The molecule has 6 nitrogen and oxygen atoms in total. The molecule has 104 valence electrons. The van der Waals surface area contributed by atoms with Crippen LogP contribution < -0.4 is 10.4 Å². The normalized spacial score (nSPS) is 12.6. The summed E-state index contributed by atoms with van der Waals surface area (Å²) in [5.41, 5.74) is 0.0530. The Morgan fingerprint density at radius 3 is 2.42 bits per heavy atom. The molecule has 0 bridgehead atoms. The van der Waals surface area contributed by atoms with Crippen molar-refractivity contribution in [1.29, 1.82) is 0 Å². The van der Waals surface area contributed by atoms with E-state index in [4.69, 9.17) is 4.74 Å². The zero-order valence-electron chi connectivity index (χ0n) is 11.2. The fourth-order valence-corrected chi connectivity index (χ4v) is 1.40. The van der Waals surface area contributed by atoms with Crippen LogP contribution in [0.2, 0.25) is 0 Å². The number of carboxylic acid groups (broad SMARTS) is 1. The zero-order valence-corrected chi connectivity index (χ0v) is 11.2. The summed E-state index contributed by atoms with van der Waals surface area (Å²) in [6.07, 6.45) is 2.43. The molecule has 1 N–H and O–H groups in total. The Hall–Kier alpha value is -2.11. The monoisotopic (exact) mass is 265 g/mol. The van der Waals surface area contributed by atoms with Gasteiger partial charge < -0.3 is 20.0 Å². The summed E-state index contributed by atoms with van der Waals surface area (Å²) in [7, 11) is 0. The molecule has 1 aromatic heterocycles. The molecule has 19 heavy (non-hydrogen) atoms. The predicted molar refractivity (Wildman–Crippen MR) is 66.1 cm³/mol. The molecule has 0 saturated carbocycles. The van der Waals surface area contributed by atoms with E-state index in [-0.39, 0.29) is 6.42 Å². The number of amides is 1. The molecule has 1 amide bonds. The first kappa shape index (κ1) is 14.9. The highest BCUT2D eigenvalue weighted by Gasteiger charge is 2.20. The largest absolute Gasteiger partial charge is 0.548 e. The van der Waals surface area contributed by atoms with Crippen molar-refractivity contribution in [3.63, 3.8) is 0 Å². The highest BCUT2D eigenvalue weighted by atomic mass is 16.6. The standard InChI is InChI=1S/C13H18N2O4/c1-13(2,3)19-12(18)15-10(11(16)17)8-9-4-6-14-7-5-9/h4-7,10H,8H2,1-3H3,(H,15,18)(H,16,17)/p-1. The van der Waals surface area contributed by atoms with Crippen molar-refractivity contribution in [3.05, 3.63) is 30.1 Å². The van der Waals surface area contributed by atoms with E-state index in [9.17, 15) is 14.7 Å². The van der Waals surface area contributed by atoms with Gasteiger partial charge in [0.05, 0.1) is 12.0 Å². The molecule has 0 fully saturated rings. The number of nitrogens with one attached hydrogen (secondary N) is 1. The Bertz CT molecular complexity index is 440. The summed E-state index contributed by atoms with van der Waals surface area (Å²) in [4.78, 5) is 26.4. The summed E-state index contributed by atoms with van der Waals surface area (Å²) in [6, 6.07) is 2.21. The highest BCUT2D eigenvalue weighted by Crippen LogP contribution is 2.08. The van der Waals surface area contributed by atoms with Crippen molar-refractivity contribution in [2.75, 3.05) is 0 Å². The van der Waals surface area contributed by atoms with Crippen LogP contribution in [-0.4, -0.2) is 28.7 Å². The minimum atomic E-state index is -1.36. The topological polar surface area (TPSA) is 91.3 Å². The number of rotatable bonds is 4. The van der Waals surface area contributed by atoms with Crippen molar-refractivity contribution in [2.24, 2.45) is 0 Å². The fraction of sp³-hybridized carbons (Fsp3) is 0.462.